The van der Waals surface area contributed by atoms with Crippen LogP contribution in [0.15, 0.2) is 24.3 Å². The van der Waals surface area contributed by atoms with Crippen LogP contribution in [-0.2, 0) is 15.5 Å². The summed E-state index contributed by atoms with van der Waals surface area (Å²) in [6.45, 7) is 2.12. The molecule has 1 amide bonds. The van der Waals surface area contributed by atoms with Crippen LogP contribution in [0.4, 0.5) is 5.69 Å². The standard InChI is InChI=1S/C14H22NO4P/c1-2-3-4-5-6-14(16)15-13-9-7-12(8-10-13)11-20(17,18)19/h7-10H,2-6,11H2,1H3,(H,15,16)(H2,17,18,19)/p-1. The number of nitrogens with one attached hydrogen (secondary N) is 1. The first kappa shape index (κ1) is 16.9. The molecule has 0 aromatic heterocycles. The molecule has 5 nitrogen and oxygen atoms in total. The first-order valence-electron chi connectivity index (χ1n) is 6.82. The molecule has 0 fully saturated rings. The van der Waals surface area contributed by atoms with Crippen LogP contribution in [0.5, 0.6) is 0 Å². The average Bonchev–Trinajstić information content (AvgIpc) is 2.35. The number of carbonyl (C=O) groups excluding carboxylic acids is 1. The number of hydrogen-bond acceptors (Lipinski definition) is 3. The Morgan fingerprint density at radius 1 is 1.25 bits per heavy atom. The maximum absolute atomic E-state index is 11.6. The fourth-order valence-electron chi connectivity index (χ4n) is 1.86. The third-order valence-corrected chi connectivity index (χ3v) is 3.64. The van der Waals surface area contributed by atoms with Crippen molar-refractivity contribution in [3.63, 3.8) is 0 Å². The zero-order valence-corrected chi connectivity index (χ0v) is 12.6. The molecule has 1 aromatic carbocycles. The summed E-state index contributed by atoms with van der Waals surface area (Å²) >= 11 is 0. The molecule has 0 aliphatic rings. The van der Waals surface area contributed by atoms with Crippen molar-refractivity contribution in [2.75, 3.05) is 5.32 Å². The second-order valence-electron chi connectivity index (χ2n) is 4.85. The van der Waals surface area contributed by atoms with Crippen molar-refractivity contribution < 1.29 is 19.1 Å². The minimum atomic E-state index is -4.29. The van der Waals surface area contributed by atoms with Crippen molar-refractivity contribution in [1.82, 2.24) is 0 Å². The summed E-state index contributed by atoms with van der Waals surface area (Å²) in [5, 5.41) is 2.76. The zero-order chi connectivity index (χ0) is 15.0. The molecule has 112 valence electrons. The Bertz CT molecular complexity index is 467. The van der Waals surface area contributed by atoms with E-state index in [0.29, 0.717) is 17.7 Å². The maximum atomic E-state index is 11.6. The molecule has 1 aromatic rings. The van der Waals surface area contributed by atoms with E-state index in [1.165, 1.54) is 0 Å². The van der Waals surface area contributed by atoms with Gasteiger partial charge in [-0.1, -0.05) is 38.3 Å². The Labute approximate surface area is 119 Å². The minimum Gasteiger partial charge on any atom is -0.778 e. The SMILES string of the molecule is CCCCCCC(=O)Nc1ccc(CP(=O)([O-])O)cc1. The van der Waals surface area contributed by atoms with Crippen molar-refractivity contribution >= 4 is 19.2 Å². The van der Waals surface area contributed by atoms with E-state index in [2.05, 4.69) is 12.2 Å². The van der Waals surface area contributed by atoms with Gasteiger partial charge in [-0.3, -0.25) is 4.79 Å². The minimum absolute atomic E-state index is 0.0366. The van der Waals surface area contributed by atoms with E-state index in [1.54, 1.807) is 24.3 Å². The van der Waals surface area contributed by atoms with Crippen LogP contribution in [0, 0.1) is 0 Å². The molecule has 1 unspecified atom stereocenters. The fourth-order valence-corrected chi connectivity index (χ4v) is 2.53. The molecular weight excluding hydrogens is 277 g/mol. The lowest BCUT2D eigenvalue weighted by Crippen LogP contribution is -2.11. The average molecular weight is 298 g/mol. The lowest BCUT2D eigenvalue weighted by Gasteiger charge is -2.15. The highest BCUT2D eigenvalue weighted by molar-refractivity contribution is 7.49. The van der Waals surface area contributed by atoms with Gasteiger partial charge in [-0.05, 0) is 24.1 Å². The molecule has 1 rings (SSSR count). The van der Waals surface area contributed by atoms with Crippen LogP contribution < -0.4 is 10.2 Å². The Hall–Kier alpha value is -1.16. The van der Waals surface area contributed by atoms with E-state index in [0.717, 1.165) is 25.7 Å². The first-order valence-corrected chi connectivity index (χ1v) is 8.58. The predicted octanol–water partition coefficient (Wildman–Crippen LogP) is 2.64. The number of unbranched alkanes of at least 4 members (excludes halogenated alkanes) is 3. The number of hydrogen-bond donors (Lipinski definition) is 2. The van der Waals surface area contributed by atoms with E-state index in [-0.39, 0.29) is 5.91 Å². The largest absolute Gasteiger partial charge is 0.778 e. The smallest absolute Gasteiger partial charge is 0.224 e. The van der Waals surface area contributed by atoms with E-state index in [4.69, 9.17) is 4.89 Å². The van der Waals surface area contributed by atoms with E-state index in [9.17, 15) is 14.3 Å². The molecule has 0 heterocycles. The van der Waals surface area contributed by atoms with E-state index < -0.39 is 13.8 Å². The van der Waals surface area contributed by atoms with E-state index in [1.807, 2.05) is 0 Å². The number of anilines is 1. The van der Waals surface area contributed by atoms with Crippen LogP contribution in [0.25, 0.3) is 0 Å². The number of amides is 1. The predicted molar refractivity (Wildman–Crippen MR) is 77.4 cm³/mol. The van der Waals surface area contributed by atoms with Gasteiger partial charge in [0.2, 0.25) is 5.91 Å². The first-order chi connectivity index (χ1) is 9.40. The third-order valence-electron chi connectivity index (χ3n) is 2.88. The van der Waals surface area contributed by atoms with Gasteiger partial charge in [0, 0.05) is 18.3 Å². The highest BCUT2D eigenvalue weighted by Crippen LogP contribution is 2.34. The molecule has 1 atom stereocenters. The summed E-state index contributed by atoms with van der Waals surface area (Å²) in [4.78, 5) is 31.1. The molecule has 20 heavy (non-hydrogen) atoms. The number of benzene rings is 1. The Morgan fingerprint density at radius 3 is 2.45 bits per heavy atom. The third kappa shape index (κ3) is 7.43. The van der Waals surface area contributed by atoms with Gasteiger partial charge in [0.25, 0.3) is 0 Å². The van der Waals surface area contributed by atoms with Crippen LogP contribution >= 0.6 is 7.60 Å². The van der Waals surface area contributed by atoms with Crippen LogP contribution in [0.2, 0.25) is 0 Å². The zero-order valence-electron chi connectivity index (χ0n) is 11.7. The van der Waals surface area contributed by atoms with Crippen molar-refractivity contribution in [1.29, 1.82) is 0 Å². The molecule has 2 N–H and O–H groups in total. The Balaban J connectivity index is 2.41. The molecule has 0 bridgehead atoms. The van der Waals surface area contributed by atoms with Gasteiger partial charge in [0.05, 0.1) is 0 Å². The lowest BCUT2D eigenvalue weighted by atomic mass is 10.1. The maximum Gasteiger partial charge on any atom is 0.224 e. The lowest BCUT2D eigenvalue weighted by molar-refractivity contribution is -0.194. The molecule has 0 radical (unpaired) electrons. The van der Waals surface area contributed by atoms with Gasteiger partial charge in [-0.25, -0.2) is 0 Å². The van der Waals surface area contributed by atoms with Crippen LogP contribution in [0.1, 0.15) is 44.6 Å². The highest BCUT2D eigenvalue weighted by atomic mass is 31.2. The number of carbonyl (C=O) groups is 1. The molecule has 0 saturated carbocycles. The van der Waals surface area contributed by atoms with Gasteiger partial charge in [0.1, 0.15) is 7.60 Å². The van der Waals surface area contributed by atoms with E-state index >= 15 is 0 Å². The molecular formula is C14H21NO4P-. The highest BCUT2D eigenvalue weighted by Gasteiger charge is 2.05. The van der Waals surface area contributed by atoms with Gasteiger partial charge < -0.3 is 19.7 Å². The summed E-state index contributed by atoms with van der Waals surface area (Å²) in [7, 11) is -4.29. The quantitative estimate of drug-likeness (QED) is 0.570. The second kappa shape index (κ2) is 8.20. The molecule has 0 spiro atoms. The monoisotopic (exact) mass is 298 g/mol. The van der Waals surface area contributed by atoms with Gasteiger partial charge >= 0.3 is 0 Å². The van der Waals surface area contributed by atoms with Gasteiger partial charge in [-0.2, -0.15) is 0 Å². The van der Waals surface area contributed by atoms with Crippen molar-refractivity contribution in [2.24, 2.45) is 0 Å². The molecule has 0 saturated heterocycles. The van der Waals surface area contributed by atoms with Crippen molar-refractivity contribution in [2.45, 2.75) is 45.2 Å². The van der Waals surface area contributed by atoms with Crippen molar-refractivity contribution in [3.8, 4) is 0 Å². The topological polar surface area (TPSA) is 89.5 Å². The van der Waals surface area contributed by atoms with Gasteiger partial charge in [-0.15, -0.1) is 0 Å². The summed E-state index contributed by atoms with van der Waals surface area (Å²) in [5.74, 6) is -0.0366. The van der Waals surface area contributed by atoms with Crippen LogP contribution in [0.3, 0.4) is 0 Å². The second-order valence-corrected chi connectivity index (χ2v) is 6.44. The molecule has 6 heteroatoms. The fraction of sp³-hybridized carbons (Fsp3) is 0.500. The molecule has 0 aliphatic heterocycles. The number of rotatable bonds is 8. The van der Waals surface area contributed by atoms with Gasteiger partial charge in [0.15, 0.2) is 0 Å². The normalized spacial score (nSPS) is 13.8. The summed E-state index contributed by atoms with van der Waals surface area (Å²) in [5.41, 5.74) is 1.12. The summed E-state index contributed by atoms with van der Waals surface area (Å²) in [6.07, 6.45) is 4.31. The van der Waals surface area contributed by atoms with Crippen molar-refractivity contribution in [3.05, 3.63) is 29.8 Å². The summed E-state index contributed by atoms with van der Waals surface area (Å²) < 4.78 is 10.7. The Kier molecular flexibility index (Phi) is 6.93. The molecule has 0 aliphatic carbocycles. The summed E-state index contributed by atoms with van der Waals surface area (Å²) in [6, 6.07) is 6.42. The Morgan fingerprint density at radius 2 is 1.90 bits per heavy atom. The van der Waals surface area contributed by atoms with Crippen LogP contribution in [-0.4, -0.2) is 10.8 Å².